The van der Waals surface area contributed by atoms with E-state index in [9.17, 15) is 4.39 Å². The van der Waals surface area contributed by atoms with Gasteiger partial charge < -0.3 is 9.73 Å². The number of halogens is 1. The first-order valence-corrected chi connectivity index (χ1v) is 5.46. The average Bonchev–Trinajstić information content (AvgIpc) is 2.79. The molecule has 0 radical (unpaired) electrons. The van der Waals surface area contributed by atoms with Gasteiger partial charge in [-0.2, -0.15) is 0 Å². The van der Waals surface area contributed by atoms with E-state index >= 15 is 0 Å². The fourth-order valence-corrected chi connectivity index (χ4v) is 1.50. The van der Waals surface area contributed by atoms with Crippen LogP contribution in [-0.4, -0.2) is 13.6 Å². The van der Waals surface area contributed by atoms with Gasteiger partial charge in [0, 0.05) is 12.1 Å². The molecule has 1 heterocycles. The number of hydrogen-bond acceptors (Lipinski definition) is 2. The summed E-state index contributed by atoms with van der Waals surface area (Å²) in [7, 11) is 1.89. The number of benzene rings is 1. The summed E-state index contributed by atoms with van der Waals surface area (Å²) in [6.07, 6.45) is 3.89. The summed E-state index contributed by atoms with van der Waals surface area (Å²) in [4.78, 5) is 0. The lowest BCUT2D eigenvalue weighted by Gasteiger charge is -1.95. The van der Waals surface area contributed by atoms with Gasteiger partial charge in [-0.25, -0.2) is 4.39 Å². The zero-order valence-corrected chi connectivity index (χ0v) is 9.61. The predicted molar refractivity (Wildman–Crippen MR) is 67.1 cm³/mol. The molecule has 88 valence electrons. The summed E-state index contributed by atoms with van der Waals surface area (Å²) in [5, 5.41) is 3.01. The smallest absolute Gasteiger partial charge is 0.134 e. The number of rotatable bonds is 4. The van der Waals surface area contributed by atoms with Gasteiger partial charge in [-0.3, -0.25) is 0 Å². The Morgan fingerprint density at radius 2 is 1.94 bits per heavy atom. The molecule has 0 saturated heterocycles. The highest BCUT2D eigenvalue weighted by Gasteiger charge is 2.02. The standard InChI is InChI=1S/C14H14FNO/c1-16-10-2-3-13-8-9-14(17-13)11-4-6-12(15)7-5-11/h2-9,16H,10H2,1H3. The van der Waals surface area contributed by atoms with Crippen LogP contribution < -0.4 is 5.32 Å². The van der Waals surface area contributed by atoms with Crippen molar-refractivity contribution >= 4 is 6.08 Å². The molecule has 2 rings (SSSR count). The Bertz CT molecular complexity index is 499. The van der Waals surface area contributed by atoms with Crippen molar-refractivity contribution in [3.63, 3.8) is 0 Å². The van der Waals surface area contributed by atoms with Crippen molar-refractivity contribution in [1.29, 1.82) is 0 Å². The van der Waals surface area contributed by atoms with E-state index in [-0.39, 0.29) is 5.82 Å². The summed E-state index contributed by atoms with van der Waals surface area (Å²) >= 11 is 0. The van der Waals surface area contributed by atoms with Crippen molar-refractivity contribution in [2.24, 2.45) is 0 Å². The summed E-state index contributed by atoms with van der Waals surface area (Å²) in [6.45, 7) is 0.798. The minimum Gasteiger partial charge on any atom is -0.457 e. The van der Waals surface area contributed by atoms with Crippen molar-refractivity contribution in [3.8, 4) is 11.3 Å². The lowest BCUT2D eigenvalue weighted by atomic mass is 10.2. The van der Waals surface area contributed by atoms with E-state index in [4.69, 9.17) is 4.42 Å². The third kappa shape index (κ3) is 3.04. The van der Waals surface area contributed by atoms with Crippen LogP contribution in [0.3, 0.4) is 0 Å². The summed E-state index contributed by atoms with van der Waals surface area (Å²) in [6, 6.07) is 10.0. The molecule has 1 aromatic heterocycles. The molecule has 17 heavy (non-hydrogen) atoms. The lowest BCUT2D eigenvalue weighted by molar-refractivity contribution is 0.571. The van der Waals surface area contributed by atoms with Crippen molar-refractivity contribution in [1.82, 2.24) is 5.32 Å². The number of nitrogens with one attached hydrogen (secondary N) is 1. The Morgan fingerprint density at radius 1 is 1.18 bits per heavy atom. The molecule has 0 spiro atoms. The SMILES string of the molecule is CNCC=Cc1ccc(-c2ccc(F)cc2)o1. The van der Waals surface area contributed by atoms with E-state index < -0.39 is 0 Å². The number of hydrogen-bond donors (Lipinski definition) is 1. The summed E-state index contributed by atoms with van der Waals surface area (Å²) in [5.74, 6) is 1.29. The third-order valence-electron chi connectivity index (χ3n) is 2.36. The van der Waals surface area contributed by atoms with Crippen LogP contribution in [0.2, 0.25) is 0 Å². The van der Waals surface area contributed by atoms with Crippen LogP contribution in [0.4, 0.5) is 4.39 Å². The van der Waals surface area contributed by atoms with E-state index in [1.807, 2.05) is 31.3 Å². The Balaban J connectivity index is 2.15. The van der Waals surface area contributed by atoms with Gasteiger partial charge in [0.25, 0.3) is 0 Å². The maximum atomic E-state index is 12.8. The molecule has 0 fully saturated rings. The Kier molecular flexibility index (Phi) is 3.73. The molecule has 3 heteroatoms. The number of likely N-dealkylation sites (N-methyl/N-ethyl adjacent to an activating group) is 1. The molecule has 1 aromatic carbocycles. The largest absolute Gasteiger partial charge is 0.457 e. The second-order valence-electron chi connectivity index (χ2n) is 3.67. The maximum Gasteiger partial charge on any atom is 0.134 e. The average molecular weight is 231 g/mol. The third-order valence-corrected chi connectivity index (χ3v) is 2.36. The predicted octanol–water partition coefficient (Wildman–Crippen LogP) is 3.32. The summed E-state index contributed by atoms with van der Waals surface area (Å²) in [5.41, 5.74) is 0.875. The van der Waals surface area contributed by atoms with Gasteiger partial charge in [0.1, 0.15) is 17.3 Å². The Morgan fingerprint density at radius 3 is 2.65 bits per heavy atom. The van der Waals surface area contributed by atoms with E-state index in [1.165, 1.54) is 12.1 Å². The molecule has 0 bridgehead atoms. The van der Waals surface area contributed by atoms with Crippen LogP contribution in [-0.2, 0) is 0 Å². The minimum absolute atomic E-state index is 0.241. The van der Waals surface area contributed by atoms with Crippen LogP contribution in [0, 0.1) is 5.82 Å². The molecule has 0 aliphatic heterocycles. The Hall–Kier alpha value is -1.87. The first-order chi connectivity index (χ1) is 8.29. The van der Waals surface area contributed by atoms with Crippen LogP contribution >= 0.6 is 0 Å². The molecular weight excluding hydrogens is 217 g/mol. The van der Waals surface area contributed by atoms with Crippen LogP contribution in [0.25, 0.3) is 17.4 Å². The van der Waals surface area contributed by atoms with Crippen LogP contribution in [0.5, 0.6) is 0 Å². The Labute approximate surface area is 99.8 Å². The van der Waals surface area contributed by atoms with Gasteiger partial charge >= 0.3 is 0 Å². The monoisotopic (exact) mass is 231 g/mol. The van der Waals surface area contributed by atoms with Crippen molar-refractivity contribution in [3.05, 3.63) is 54.1 Å². The topological polar surface area (TPSA) is 25.2 Å². The molecule has 0 unspecified atom stereocenters. The van der Waals surface area contributed by atoms with Crippen molar-refractivity contribution in [2.45, 2.75) is 0 Å². The molecule has 0 aliphatic rings. The lowest BCUT2D eigenvalue weighted by Crippen LogP contribution is -2.03. The molecule has 0 atom stereocenters. The minimum atomic E-state index is -0.241. The quantitative estimate of drug-likeness (QED) is 0.873. The van der Waals surface area contributed by atoms with Crippen LogP contribution in [0.15, 0.2) is 46.9 Å². The van der Waals surface area contributed by atoms with Crippen LogP contribution in [0.1, 0.15) is 5.76 Å². The van der Waals surface area contributed by atoms with E-state index in [0.717, 1.165) is 23.6 Å². The molecule has 1 N–H and O–H groups in total. The van der Waals surface area contributed by atoms with Crippen molar-refractivity contribution in [2.75, 3.05) is 13.6 Å². The van der Waals surface area contributed by atoms with Gasteiger partial charge in [0.2, 0.25) is 0 Å². The van der Waals surface area contributed by atoms with Gasteiger partial charge in [-0.15, -0.1) is 0 Å². The van der Waals surface area contributed by atoms with Gasteiger partial charge in [0.15, 0.2) is 0 Å². The summed E-state index contributed by atoms with van der Waals surface area (Å²) < 4.78 is 18.4. The molecule has 2 nitrogen and oxygen atoms in total. The second kappa shape index (κ2) is 5.46. The van der Waals surface area contributed by atoms with Gasteiger partial charge in [-0.05, 0) is 49.5 Å². The molecule has 0 saturated carbocycles. The van der Waals surface area contributed by atoms with Crippen molar-refractivity contribution < 1.29 is 8.81 Å². The maximum absolute atomic E-state index is 12.8. The molecule has 0 aliphatic carbocycles. The fraction of sp³-hybridized carbons (Fsp3) is 0.143. The highest BCUT2D eigenvalue weighted by atomic mass is 19.1. The first kappa shape index (κ1) is 11.6. The van der Waals surface area contributed by atoms with E-state index in [1.54, 1.807) is 12.1 Å². The first-order valence-electron chi connectivity index (χ1n) is 5.46. The molecule has 0 amide bonds. The zero-order chi connectivity index (χ0) is 12.1. The zero-order valence-electron chi connectivity index (χ0n) is 9.61. The number of furan rings is 1. The molecule has 2 aromatic rings. The van der Waals surface area contributed by atoms with Gasteiger partial charge in [-0.1, -0.05) is 6.08 Å². The normalized spacial score (nSPS) is 11.2. The fourth-order valence-electron chi connectivity index (χ4n) is 1.50. The highest BCUT2D eigenvalue weighted by Crippen LogP contribution is 2.22. The highest BCUT2D eigenvalue weighted by molar-refractivity contribution is 5.59. The van der Waals surface area contributed by atoms with E-state index in [2.05, 4.69) is 5.32 Å². The van der Waals surface area contributed by atoms with E-state index in [0.29, 0.717) is 0 Å². The second-order valence-corrected chi connectivity index (χ2v) is 3.67. The molecular formula is C14H14FNO. The van der Waals surface area contributed by atoms with Gasteiger partial charge in [0.05, 0.1) is 0 Å².